The Morgan fingerprint density at radius 1 is 1.24 bits per heavy atom. The summed E-state index contributed by atoms with van der Waals surface area (Å²) in [5, 5.41) is 3.26. The summed E-state index contributed by atoms with van der Waals surface area (Å²) >= 11 is 5.93. The summed E-state index contributed by atoms with van der Waals surface area (Å²) in [4.78, 5) is 8.36. The Hall–Kier alpha value is -1.23. The van der Waals surface area contributed by atoms with E-state index in [2.05, 4.69) is 15.3 Å². The summed E-state index contributed by atoms with van der Waals surface area (Å²) in [6.07, 6.45) is 0.824. The van der Waals surface area contributed by atoms with Crippen molar-refractivity contribution in [2.75, 3.05) is 19.5 Å². The summed E-state index contributed by atoms with van der Waals surface area (Å²) in [6, 6.07) is 1.80. The highest BCUT2D eigenvalue weighted by Crippen LogP contribution is 2.18. The number of nitrogens with zero attached hydrogens (tertiary/aromatic N) is 2. The second-order valence-corrected chi connectivity index (χ2v) is 4.58. The smallest absolute Gasteiger partial charge is 0.229 e. The fraction of sp³-hybridized carbons (Fsp3) is 0.636. The molecule has 6 heteroatoms. The maximum atomic E-state index is 5.93. The molecule has 0 aliphatic heterocycles. The summed E-state index contributed by atoms with van der Waals surface area (Å²) < 4.78 is 10.1. The molecule has 1 N–H and O–H groups in total. The number of rotatable bonds is 6. The van der Waals surface area contributed by atoms with Gasteiger partial charge in [-0.1, -0.05) is 0 Å². The van der Waals surface area contributed by atoms with Crippen LogP contribution in [0.15, 0.2) is 6.07 Å². The first-order valence-electron chi connectivity index (χ1n) is 5.42. The largest absolute Gasteiger partial charge is 0.481 e. The molecule has 5 nitrogen and oxygen atoms in total. The van der Waals surface area contributed by atoms with Crippen molar-refractivity contribution < 1.29 is 9.47 Å². The minimum Gasteiger partial charge on any atom is -0.481 e. The van der Waals surface area contributed by atoms with Crippen LogP contribution < -0.4 is 14.8 Å². The quantitative estimate of drug-likeness (QED) is 0.795. The van der Waals surface area contributed by atoms with E-state index in [0.29, 0.717) is 17.7 Å². The molecule has 1 rings (SSSR count). The second-order valence-electron chi connectivity index (χ2n) is 3.84. The number of aromatic nitrogens is 2. The molecule has 17 heavy (non-hydrogen) atoms. The van der Waals surface area contributed by atoms with Gasteiger partial charge in [-0.3, -0.25) is 0 Å². The Balaban J connectivity index is 2.75. The number of nitrogens with one attached hydrogen (secondary N) is 1. The molecule has 0 radical (unpaired) electrons. The van der Waals surface area contributed by atoms with Crippen molar-refractivity contribution in [1.29, 1.82) is 0 Å². The molecule has 0 spiro atoms. The monoisotopic (exact) mass is 259 g/mol. The summed E-state index contributed by atoms with van der Waals surface area (Å²) in [7, 11) is 3.10. The Morgan fingerprint density at radius 2 is 1.76 bits per heavy atom. The minimum absolute atomic E-state index is 0.102. The molecule has 0 aliphatic rings. The van der Waals surface area contributed by atoms with Gasteiger partial charge in [0.2, 0.25) is 17.7 Å². The van der Waals surface area contributed by atoms with E-state index in [9.17, 15) is 0 Å². The zero-order chi connectivity index (χ0) is 12.8. The van der Waals surface area contributed by atoms with Gasteiger partial charge < -0.3 is 14.8 Å². The van der Waals surface area contributed by atoms with E-state index >= 15 is 0 Å². The molecule has 0 bridgehead atoms. The van der Waals surface area contributed by atoms with E-state index in [1.807, 2.05) is 13.8 Å². The molecule has 0 aromatic carbocycles. The lowest BCUT2D eigenvalue weighted by Crippen LogP contribution is -2.20. The third-order valence-corrected chi connectivity index (χ3v) is 2.33. The molecule has 1 heterocycles. The van der Waals surface area contributed by atoms with E-state index < -0.39 is 0 Å². The number of methoxy groups -OCH3 is 2. The van der Waals surface area contributed by atoms with Crippen LogP contribution in [0.3, 0.4) is 0 Å². The lowest BCUT2D eigenvalue weighted by atomic mass is 10.2. The predicted octanol–water partition coefficient (Wildman–Crippen LogP) is 2.31. The molecular weight excluding hydrogens is 242 g/mol. The maximum Gasteiger partial charge on any atom is 0.229 e. The molecule has 1 aromatic heterocycles. The SMILES string of the molecule is COc1cc(OC)nc(NC(C)CC(C)Cl)n1. The van der Waals surface area contributed by atoms with Gasteiger partial charge in [0.15, 0.2) is 0 Å². The van der Waals surface area contributed by atoms with Crippen LogP contribution in [0.5, 0.6) is 11.8 Å². The Bertz CT molecular complexity index is 338. The number of alkyl halides is 1. The van der Waals surface area contributed by atoms with Gasteiger partial charge in [-0.2, -0.15) is 9.97 Å². The highest BCUT2D eigenvalue weighted by molar-refractivity contribution is 6.20. The van der Waals surface area contributed by atoms with Gasteiger partial charge >= 0.3 is 0 Å². The van der Waals surface area contributed by atoms with E-state index in [0.717, 1.165) is 6.42 Å². The first-order valence-corrected chi connectivity index (χ1v) is 5.86. The Morgan fingerprint density at radius 3 is 2.18 bits per heavy atom. The van der Waals surface area contributed by atoms with Crippen molar-refractivity contribution in [3.8, 4) is 11.8 Å². The topological polar surface area (TPSA) is 56.3 Å². The van der Waals surface area contributed by atoms with Crippen LogP contribution in [0.1, 0.15) is 20.3 Å². The van der Waals surface area contributed by atoms with Gasteiger partial charge in [0.1, 0.15) is 0 Å². The minimum atomic E-state index is 0.102. The van der Waals surface area contributed by atoms with Gasteiger partial charge in [-0.25, -0.2) is 0 Å². The van der Waals surface area contributed by atoms with Crippen LogP contribution >= 0.6 is 11.6 Å². The van der Waals surface area contributed by atoms with Crippen LogP contribution in [0.25, 0.3) is 0 Å². The van der Waals surface area contributed by atoms with Crippen LogP contribution in [-0.4, -0.2) is 35.6 Å². The standard InChI is InChI=1S/C11H18ClN3O2/c1-7(12)5-8(2)13-11-14-9(16-3)6-10(15-11)17-4/h6-8H,5H2,1-4H3,(H,13,14,15). The molecular formula is C11H18ClN3O2. The summed E-state index contributed by atoms with van der Waals surface area (Å²) in [6.45, 7) is 3.97. The van der Waals surface area contributed by atoms with Crippen molar-refractivity contribution in [1.82, 2.24) is 9.97 Å². The van der Waals surface area contributed by atoms with E-state index in [-0.39, 0.29) is 11.4 Å². The molecule has 2 unspecified atom stereocenters. The third-order valence-electron chi connectivity index (χ3n) is 2.15. The zero-order valence-corrected chi connectivity index (χ0v) is 11.3. The average Bonchev–Trinajstić information content (AvgIpc) is 2.27. The molecule has 2 atom stereocenters. The molecule has 0 saturated heterocycles. The fourth-order valence-electron chi connectivity index (χ4n) is 1.44. The average molecular weight is 260 g/mol. The van der Waals surface area contributed by atoms with E-state index in [1.54, 1.807) is 20.3 Å². The van der Waals surface area contributed by atoms with Crippen LogP contribution in [0, 0.1) is 0 Å². The third kappa shape index (κ3) is 4.65. The zero-order valence-electron chi connectivity index (χ0n) is 10.5. The normalized spacial score (nSPS) is 13.9. The van der Waals surface area contributed by atoms with Crippen LogP contribution in [0.4, 0.5) is 5.95 Å². The highest BCUT2D eigenvalue weighted by atomic mass is 35.5. The van der Waals surface area contributed by atoms with Gasteiger partial charge in [0, 0.05) is 11.4 Å². The molecule has 1 aromatic rings. The van der Waals surface area contributed by atoms with Gasteiger partial charge in [-0.05, 0) is 20.3 Å². The van der Waals surface area contributed by atoms with Crippen molar-refractivity contribution >= 4 is 17.5 Å². The first kappa shape index (κ1) is 13.8. The van der Waals surface area contributed by atoms with Crippen molar-refractivity contribution in [2.45, 2.75) is 31.7 Å². The van der Waals surface area contributed by atoms with E-state index in [4.69, 9.17) is 21.1 Å². The number of halogens is 1. The first-order chi connectivity index (χ1) is 8.05. The lowest BCUT2D eigenvalue weighted by molar-refractivity contribution is 0.372. The second kappa shape index (κ2) is 6.49. The number of hydrogen-bond donors (Lipinski definition) is 1. The number of anilines is 1. The summed E-state index contributed by atoms with van der Waals surface area (Å²) in [5.74, 6) is 1.40. The summed E-state index contributed by atoms with van der Waals surface area (Å²) in [5.41, 5.74) is 0. The lowest BCUT2D eigenvalue weighted by Gasteiger charge is -2.15. The Kier molecular flexibility index (Phi) is 5.28. The van der Waals surface area contributed by atoms with Gasteiger partial charge in [0.25, 0.3) is 0 Å². The molecule has 0 fully saturated rings. The number of ether oxygens (including phenoxy) is 2. The van der Waals surface area contributed by atoms with Crippen molar-refractivity contribution in [3.63, 3.8) is 0 Å². The Labute approximate surface area is 107 Å². The molecule has 0 saturated carbocycles. The van der Waals surface area contributed by atoms with Crippen molar-refractivity contribution in [2.24, 2.45) is 0 Å². The number of hydrogen-bond acceptors (Lipinski definition) is 5. The van der Waals surface area contributed by atoms with Crippen LogP contribution in [-0.2, 0) is 0 Å². The van der Waals surface area contributed by atoms with E-state index in [1.165, 1.54) is 0 Å². The molecule has 0 aliphatic carbocycles. The van der Waals surface area contributed by atoms with Gasteiger partial charge in [-0.15, -0.1) is 11.6 Å². The maximum absolute atomic E-state index is 5.93. The van der Waals surface area contributed by atoms with Gasteiger partial charge in [0.05, 0.1) is 20.3 Å². The predicted molar refractivity (Wildman–Crippen MR) is 68.2 cm³/mol. The van der Waals surface area contributed by atoms with Crippen LogP contribution in [0.2, 0.25) is 0 Å². The van der Waals surface area contributed by atoms with Crippen molar-refractivity contribution in [3.05, 3.63) is 6.07 Å². The fourth-order valence-corrected chi connectivity index (χ4v) is 1.71. The molecule has 96 valence electrons. The molecule has 0 amide bonds. The highest BCUT2D eigenvalue weighted by Gasteiger charge is 2.10.